The molecule has 0 aliphatic rings. The lowest BCUT2D eigenvalue weighted by Crippen LogP contribution is -1.42. The Balaban J connectivity index is -0.00000000625. The molecule has 0 aliphatic carbocycles. The number of rotatable bonds is 0. The van der Waals surface area contributed by atoms with E-state index in [9.17, 15) is 0 Å². The van der Waals surface area contributed by atoms with E-state index in [4.69, 9.17) is 25.7 Å². The predicted molar refractivity (Wildman–Crippen MR) is 98.7 cm³/mol. The maximum Gasteiger partial charge on any atom is 1.00 e. The molecule has 0 saturated carbocycles. The minimum Gasteiger partial charge on any atom is -0.106 e. The monoisotopic (exact) mass is 251 g/mol. The van der Waals surface area contributed by atoms with Gasteiger partial charge in [-0.15, -0.1) is 25.7 Å². The van der Waals surface area contributed by atoms with E-state index in [0.717, 1.165) is 0 Å². The van der Waals surface area contributed by atoms with Gasteiger partial charge in [-0.25, -0.2) is 0 Å². The fraction of sp³-hybridized carbons (Fsp3) is 0.333. The molecule has 0 spiro atoms. The SMILES string of the molecule is C.C.C.C.C.C.C#CC#CC#C.C#CC#CC#C.[H+].[HH].[HH].[HH]. The average Bonchev–Trinajstić information content (AvgIpc) is 2.12. The molecule has 0 aromatic heterocycles. The summed E-state index contributed by atoms with van der Waals surface area (Å²) in [5, 5.41) is 0. The molecule has 0 heteroatoms. The summed E-state index contributed by atoms with van der Waals surface area (Å²) in [6.07, 6.45) is 18.8. The molecule has 0 heterocycles. The Morgan fingerprint density at radius 2 is 0.556 bits per heavy atom. The first-order valence-corrected chi connectivity index (χ1v) is 2.65. The van der Waals surface area contributed by atoms with Gasteiger partial charge in [-0.05, 0) is 47.4 Å². The first-order valence-electron chi connectivity index (χ1n) is 2.65. The van der Waals surface area contributed by atoms with Gasteiger partial charge >= 0.3 is 1.43 Å². The highest BCUT2D eigenvalue weighted by Gasteiger charge is 1.41. The van der Waals surface area contributed by atoms with E-state index in [-0.39, 0.29) is 50.3 Å². The van der Waals surface area contributed by atoms with Crippen molar-refractivity contribution in [3.8, 4) is 73.1 Å². The van der Waals surface area contributed by atoms with Crippen LogP contribution in [0.1, 0.15) is 50.3 Å². The molecule has 0 radical (unpaired) electrons. The van der Waals surface area contributed by atoms with Gasteiger partial charge in [0.15, 0.2) is 0 Å². The van der Waals surface area contributed by atoms with Crippen LogP contribution < -0.4 is 0 Å². The second-order valence-corrected chi connectivity index (χ2v) is 1.08. The van der Waals surface area contributed by atoms with Crippen LogP contribution in [-0.2, 0) is 0 Å². The first kappa shape index (κ1) is 58.5. The van der Waals surface area contributed by atoms with Gasteiger partial charge < -0.3 is 0 Å². The van der Waals surface area contributed by atoms with Gasteiger partial charge in [-0.2, -0.15) is 0 Å². The zero-order valence-corrected chi connectivity index (χ0v) is 6.31. The van der Waals surface area contributed by atoms with Crippen molar-refractivity contribution < 1.29 is 5.71 Å². The lowest BCUT2D eigenvalue weighted by Gasteiger charge is -1.43. The third-order valence-electron chi connectivity index (χ3n) is 0.414. The van der Waals surface area contributed by atoms with Crippen molar-refractivity contribution in [2.75, 3.05) is 0 Å². The lowest BCUT2D eigenvalue weighted by atomic mass is 10.6. The van der Waals surface area contributed by atoms with Crippen LogP contribution >= 0.6 is 0 Å². The lowest BCUT2D eigenvalue weighted by molar-refractivity contribution is 2.47. The van der Waals surface area contributed by atoms with E-state index in [1.165, 1.54) is 0 Å². The van der Waals surface area contributed by atoms with Gasteiger partial charge in [0.05, 0.1) is 0 Å². The zero-order chi connectivity index (χ0) is 9.66. The van der Waals surface area contributed by atoms with Crippen LogP contribution in [0.3, 0.4) is 0 Å². The third-order valence-corrected chi connectivity index (χ3v) is 0.414. The van der Waals surface area contributed by atoms with Crippen molar-refractivity contribution in [2.45, 2.75) is 44.6 Å². The van der Waals surface area contributed by atoms with E-state index < -0.39 is 0 Å². The summed E-state index contributed by atoms with van der Waals surface area (Å²) in [6.45, 7) is 0. The molecule has 0 amide bonds. The van der Waals surface area contributed by atoms with Crippen LogP contribution in [0, 0.1) is 73.1 Å². The molecule has 0 saturated heterocycles. The third kappa shape index (κ3) is 181. The highest BCUT2D eigenvalue weighted by atomic mass is 13.4. The molecule has 0 N–H and O–H groups in total. The van der Waals surface area contributed by atoms with E-state index in [1.807, 2.05) is 0 Å². The van der Waals surface area contributed by atoms with Gasteiger partial charge in [0.1, 0.15) is 0 Å². The van der Waals surface area contributed by atoms with Crippen LogP contribution in [0.15, 0.2) is 0 Å². The van der Waals surface area contributed by atoms with E-state index >= 15 is 0 Å². The summed E-state index contributed by atoms with van der Waals surface area (Å²) in [7, 11) is 0. The van der Waals surface area contributed by atoms with Crippen molar-refractivity contribution >= 4 is 0 Å². The average molecular weight is 251 g/mol. The van der Waals surface area contributed by atoms with Crippen molar-refractivity contribution in [1.82, 2.24) is 0 Å². The smallest absolute Gasteiger partial charge is 0.106 e. The summed E-state index contributed by atoms with van der Waals surface area (Å²) in [4.78, 5) is 0. The van der Waals surface area contributed by atoms with E-state index in [2.05, 4.69) is 47.4 Å². The summed E-state index contributed by atoms with van der Waals surface area (Å²) in [5.41, 5.74) is 0. The Morgan fingerprint density at radius 1 is 0.444 bits per heavy atom. The first-order chi connectivity index (χ1) is 5.83. The molecule has 18 heavy (non-hydrogen) atoms. The van der Waals surface area contributed by atoms with Gasteiger partial charge in [0, 0.05) is 4.28 Å². The normalized spacial score (nSPS) is 2.00. The molecular weight excluding hydrogens is 216 g/mol. The Labute approximate surface area is 124 Å². The van der Waals surface area contributed by atoms with Crippen LogP contribution in [0.4, 0.5) is 0 Å². The summed E-state index contributed by atoms with van der Waals surface area (Å²) >= 11 is 0. The molecule has 106 valence electrons. The molecule has 0 unspecified atom stereocenters. The second-order valence-electron chi connectivity index (χ2n) is 1.08. The maximum absolute atomic E-state index is 4.70. The van der Waals surface area contributed by atoms with Gasteiger partial charge in [-0.3, -0.25) is 0 Å². The van der Waals surface area contributed by atoms with Crippen LogP contribution in [0.2, 0.25) is 0 Å². The van der Waals surface area contributed by atoms with Crippen LogP contribution in [-0.4, -0.2) is 0 Å². The fourth-order valence-electron chi connectivity index (χ4n) is 0.144. The van der Waals surface area contributed by atoms with Crippen molar-refractivity contribution in [3.63, 3.8) is 0 Å². The number of hydrogen-bond donors (Lipinski definition) is 0. The maximum atomic E-state index is 4.70. The molecule has 0 aromatic rings. The quantitative estimate of drug-likeness (QED) is 0.520. The molecular formula is C18H35+. The Hall–Kier alpha value is -2.64. The second kappa shape index (κ2) is 89.2. The molecule has 0 rings (SSSR count). The fourth-order valence-corrected chi connectivity index (χ4v) is 0.144. The van der Waals surface area contributed by atoms with Crippen LogP contribution in [0.25, 0.3) is 0 Å². The van der Waals surface area contributed by atoms with E-state index in [0.29, 0.717) is 0 Å². The highest BCUT2D eigenvalue weighted by Crippen LogP contribution is 1.43. The van der Waals surface area contributed by atoms with Gasteiger partial charge in [0.25, 0.3) is 0 Å². The van der Waals surface area contributed by atoms with Crippen molar-refractivity contribution in [3.05, 3.63) is 0 Å². The number of hydrogen-bond acceptors (Lipinski definition) is 0. The van der Waals surface area contributed by atoms with Crippen molar-refractivity contribution in [2.24, 2.45) is 0 Å². The molecule has 0 bridgehead atoms. The zero-order valence-electron chi connectivity index (χ0n) is 7.31. The largest absolute Gasteiger partial charge is 1.00 e. The van der Waals surface area contributed by atoms with Crippen molar-refractivity contribution in [1.29, 1.82) is 0 Å². The Morgan fingerprint density at radius 3 is 0.611 bits per heavy atom. The molecule has 0 aliphatic heterocycles. The molecule has 0 aromatic carbocycles. The Bertz CT molecular complexity index is 323. The molecule has 0 nitrogen and oxygen atoms in total. The van der Waals surface area contributed by atoms with E-state index in [1.54, 1.807) is 0 Å². The molecule has 0 atom stereocenters. The minimum atomic E-state index is 0. The highest BCUT2D eigenvalue weighted by molar-refractivity contribution is 5.32. The number of terminal acetylenes is 4. The molecule has 0 fully saturated rings. The summed E-state index contributed by atoms with van der Waals surface area (Å²) < 4.78 is 0. The van der Waals surface area contributed by atoms with Crippen LogP contribution in [0.5, 0.6) is 0 Å². The predicted octanol–water partition coefficient (Wildman–Crippen LogP) is 5.18. The minimum absolute atomic E-state index is 0. The topological polar surface area (TPSA) is 0 Å². The Kier molecular flexibility index (Phi) is 290. The summed E-state index contributed by atoms with van der Waals surface area (Å²) in [6, 6.07) is 0. The summed E-state index contributed by atoms with van der Waals surface area (Å²) in [5.74, 6) is 17.2. The van der Waals surface area contributed by atoms with Gasteiger partial charge in [-0.1, -0.05) is 44.6 Å². The standard InChI is InChI=1S/2C6H2.6CH4.3H2/c2*1-3-5-6-4-2;;;;;;;;;/h2*1-2H;6*1H4;3*1H/p+1. The van der Waals surface area contributed by atoms with Gasteiger partial charge in [0.2, 0.25) is 0 Å².